The summed E-state index contributed by atoms with van der Waals surface area (Å²) in [4.78, 5) is 14.4. The fourth-order valence-corrected chi connectivity index (χ4v) is 6.10. The molecule has 3 aromatic rings. The Morgan fingerprint density at radius 1 is 1.16 bits per heavy atom. The van der Waals surface area contributed by atoms with Gasteiger partial charge in [0, 0.05) is 4.88 Å². The third-order valence-corrected chi connectivity index (χ3v) is 8.18. The van der Waals surface area contributed by atoms with Gasteiger partial charge in [0.2, 0.25) is 0 Å². The van der Waals surface area contributed by atoms with Crippen LogP contribution < -0.4 is 10.0 Å². The zero-order valence-electron chi connectivity index (χ0n) is 17.8. The van der Waals surface area contributed by atoms with Gasteiger partial charge in [0.05, 0.1) is 21.7 Å². The van der Waals surface area contributed by atoms with Gasteiger partial charge in [0.1, 0.15) is 11.1 Å². The summed E-state index contributed by atoms with van der Waals surface area (Å²) in [5, 5.41) is 13.1. The number of amides is 1. The van der Waals surface area contributed by atoms with Crippen LogP contribution in [0.3, 0.4) is 0 Å². The van der Waals surface area contributed by atoms with Crippen LogP contribution in [0.5, 0.6) is 0 Å². The van der Waals surface area contributed by atoms with Crippen molar-refractivity contribution in [1.82, 2.24) is 0 Å². The summed E-state index contributed by atoms with van der Waals surface area (Å²) in [5.41, 5.74) is 2.86. The Kier molecular flexibility index (Phi) is 6.04. The summed E-state index contributed by atoms with van der Waals surface area (Å²) >= 11 is 1.44. The van der Waals surface area contributed by atoms with Crippen molar-refractivity contribution >= 4 is 38.0 Å². The van der Waals surface area contributed by atoms with Gasteiger partial charge in [0.25, 0.3) is 15.9 Å². The van der Waals surface area contributed by atoms with E-state index in [1.165, 1.54) is 23.5 Å². The van der Waals surface area contributed by atoms with Gasteiger partial charge in [-0.05, 0) is 61.9 Å². The molecule has 0 saturated heterocycles. The number of nitriles is 1. The average molecular weight is 466 g/mol. The monoisotopic (exact) mass is 465 g/mol. The Labute approximate surface area is 192 Å². The first-order chi connectivity index (χ1) is 15.3. The van der Waals surface area contributed by atoms with E-state index in [0.717, 1.165) is 35.3 Å². The molecule has 32 heavy (non-hydrogen) atoms. The first-order valence-corrected chi connectivity index (χ1v) is 12.6. The number of sulfonamides is 1. The van der Waals surface area contributed by atoms with E-state index < -0.39 is 15.9 Å². The van der Waals surface area contributed by atoms with Crippen molar-refractivity contribution < 1.29 is 13.2 Å². The number of hydrogen-bond acceptors (Lipinski definition) is 5. The number of nitrogens with one attached hydrogen (secondary N) is 2. The molecule has 1 atom stereocenters. The third kappa shape index (κ3) is 4.40. The molecule has 0 fully saturated rings. The van der Waals surface area contributed by atoms with E-state index in [2.05, 4.69) is 23.0 Å². The van der Waals surface area contributed by atoms with Crippen LogP contribution >= 0.6 is 11.3 Å². The normalized spacial score (nSPS) is 15.5. The number of rotatable bonds is 5. The van der Waals surface area contributed by atoms with Gasteiger partial charge in [-0.1, -0.05) is 36.8 Å². The predicted molar refractivity (Wildman–Crippen MR) is 127 cm³/mol. The lowest BCUT2D eigenvalue weighted by Gasteiger charge is -2.17. The highest BCUT2D eigenvalue weighted by Gasteiger charge is 2.26. The molecule has 0 bridgehead atoms. The van der Waals surface area contributed by atoms with Crippen molar-refractivity contribution in [2.75, 3.05) is 10.0 Å². The van der Waals surface area contributed by atoms with Crippen LogP contribution in [0.2, 0.25) is 0 Å². The number of carbonyl (C=O) groups is 1. The van der Waals surface area contributed by atoms with Crippen molar-refractivity contribution in [2.45, 2.75) is 38.0 Å². The van der Waals surface area contributed by atoms with E-state index in [9.17, 15) is 18.5 Å². The second-order valence-electron chi connectivity index (χ2n) is 8.09. The van der Waals surface area contributed by atoms with E-state index in [0.29, 0.717) is 16.5 Å². The van der Waals surface area contributed by atoms with Gasteiger partial charge >= 0.3 is 0 Å². The zero-order valence-corrected chi connectivity index (χ0v) is 19.4. The van der Waals surface area contributed by atoms with E-state index in [-0.39, 0.29) is 16.1 Å². The molecule has 8 heteroatoms. The number of fused-ring (bicyclic) bond motifs is 1. The lowest BCUT2D eigenvalue weighted by Crippen LogP contribution is -2.18. The highest BCUT2D eigenvalue weighted by Crippen LogP contribution is 2.39. The predicted octanol–water partition coefficient (Wildman–Crippen LogP) is 5.11. The molecule has 2 N–H and O–H groups in total. The van der Waals surface area contributed by atoms with Crippen LogP contribution in [0.1, 0.15) is 45.3 Å². The zero-order chi connectivity index (χ0) is 22.9. The standard InChI is InChI=1S/C24H23N3O3S2/c1-15-7-10-17(11-8-15)32(29,30)27-21-6-4-3-5-18(21)23(28)26-24-20(14-25)19-13-16(2)9-12-22(19)31-24/h3-8,10-11,16,27H,9,12-13H2,1-2H3,(H,26,28). The molecule has 2 aromatic carbocycles. The molecule has 164 valence electrons. The Morgan fingerprint density at radius 2 is 1.88 bits per heavy atom. The topological polar surface area (TPSA) is 99.1 Å². The molecule has 0 saturated carbocycles. The van der Waals surface area contributed by atoms with Crippen molar-refractivity contribution in [2.24, 2.45) is 5.92 Å². The van der Waals surface area contributed by atoms with E-state index >= 15 is 0 Å². The maximum absolute atomic E-state index is 13.1. The second kappa shape index (κ2) is 8.77. The van der Waals surface area contributed by atoms with E-state index in [1.54, 1.807) is 36.4 Å². The number of hydrogen-bond donors (Lipinski definition) is 2. The Bertz CT molecular complexity index is 1320. The first kappa shape index (κ1) is 22.1. The molecule has 1 amide bonds. The molecular formula is C24H23N3O3S2. The SMILES string of the molecule is Cc1ccc(S(=O)(=O)Nc2ccccc2C(=O)Nc2sc3c(c2C#N)CC(C)CC3)cc1. The highest BCUT2D eigenvalue weighted by molar-refractivity contribution is 7.92. The number of benzene rings is 2. The average Bonchev–Trinajstić information content (AvgIpc) is 3.10. The van der Waals surface area contributed by atoms with Crippen LogP contribution in [0, 0.1) is 24.2 Å². The van der Waals surface area contributed by atoms with Gasteiger partial charge < -0.3 is 5.32 Å². The summed E-state index contributed by atoms with van der Waals surface area (Å²) in [7, 11) is -3.86. The van der Waals surface area contributed by atoms with Crippen LogP contribution in [0.4, 0.5) is 10.7 Å². The van der Waals surface area contributed by atoms with Crippen molar-refractivity contribution in [1.29, 1.82) is 5.26 Å². The molecule has 6 nitrogen and oxygen atoms in total. The van der Waals surface area contributed by atoms with Gasteiger partial charge in [-0.2, -0.15) is 5.26 Å². The molecule has 1 aliphatic carbocycles. The summed E-state index contributed by atoms with van der Waals surface area (Å²) in [5.74, 6) is 0.0417. The number of anilines is 2. The minimum atomic E-state index is -3.86. The number of thiophene rings is 1. The quantitative estimate of drug-likeness (QED) is 0.547. The maximum Gasteiger partial charge on any atom is 0.261 e. The van der Waals surface area contributed by atoms with E-state index in [1.807, 2.05) is 6.92 Å². The van der Waals surface area contributed by atoms with Crippen molar-refractivity contribution in [3.63, 3.8) is 0 Å². The fourth-order valence-electron chi connectivity index (χ4n) is 3.83. The second-order valence-corrected chi connectivity index (χ2v) is 10.9. The molecule has 1 aliphatic rings. The molecule has 0 spiro atoms. The minimum absolute atomic E-state index is 0.116. The number of aryl methyl sites for hydroxylation is 2. The molecule has 1 aromatic heterocycles. The molecule has 1 heterocycles. The number of carbonyl (C=O) groups excluding carboxylic acids is 1. The van der Waals surface area contributed by atoms with Crippen LogP contribution in [-0.2, 0) is 22.9 Å². The van der Waals surface area contributed by atoms with Gasteiger partial charge in [-0.25, -0.2) is 8.42 Å². The number of nitrogens with zero attached hydrogens (tertiary/aromatic N) is 1. The van der Waals surface area contributed by atoms with Crippen LogP contribution in [0.15, 0.2) is 53.4 Å². The molecule has 4 rings (SSSR count). The summed E-state index contributed by atoms with van der Waals surface area (Å²) < 4.78 is 28.2. The molecule has 1 unspecified atom stereocenters. The van der Waals surface area contributed by atoms with Crippen LogP contribution in [-0.4, -0.2) is 14.3 Å². The molecule has 0 radical (unpaired) electrons. The summed E-state index contributed by atoms with van der Waals surface area (Å²) in [6.45, 7) is 4.04. The minimum Gasteiger partial charge on any atom is -0.312 e. The van der Waals surface area contributed by atoms with Gasteiger partial charge in [-0.3, -0.25) is 9.52 Å². The summed E-state index contributed by atoms with van der Waals surface area (Å²) in [6, 6.07) is 15.2. The van der Waals surface area contributed by atoms with E-state index in [4.69, 9.17) is 0 Å². The number of para-hydroxylation sites is 1. The molecule has 0 aliphatic heterocycles. The Balaban J connectivity index is 1.62. The van der Waals surface area contributed by atoms with Gasteiger partial charge in [0.15, 0.2) is 0 Å². The fraction of sp³-hybridized carbons (Fsp3) is 0.250. The smallest absolute Gasteiger partial charge is 0.261 e. The lowest BCUT2D eigenvalue weighted by molar-refractivity contribution is 0.102. The Hall–Kier alpha value is -3.15. The first-order valence-electron chi connectivity index (χ1n) is 10.3. The molecular weight excluding hydrogens is 442 g/mol. The largest absolute Gasteiger partial charge is 0.312 e. The van der Waals surface area contributed by atoms with Gasteiger partial charge in [-0.15, -0.1) is 11.3 Å². The highest BCUT2D eigenvalue weighted by atomic mass is 32.2. The third-order valence-electron chi connectivity index (χ3n) is 5.59. The van der Waals surface area contributed by atoms with Crippen LogP contribution in [0.25, 0.3) is 0 Å². The lowest BCUT2D eigenvalue weighted by atomic mass is 9.88. The summed E-state index contributed by atoms with van der Waals surface area (Å²) in [6.07, 6.45) is 2.80. The van der Waals surface area contributed by atoms with Crippen molar-refractivity contribution in [3.05, 3.63) is 75.7 Å². The Morgan fingerprint density at radius 3 is 2.59 bits per heavy atom. The van der Waals surface area contributed by atoms with Crippen molar-refractivity contribution in [3.8, 4) is 6.07 Å². The maximum atomic E-state index is 13.1.